The summed E-state index contributed by atoms with van der Waals surface area (Å²) in [7, 11) is 1.70. The van der Waals surface area contributed by atoms with Gasteiger partial charge in [0.05, 0.1) is 25.2 Å². The second kappa shape index (κ2) is 11.7. The molecule has 0 radical (unpaired) electrons. The Labute approximate surface area is 295 Å². The van der Waals surface area contributed by atoms with Crippen LogP contribution in [0.1, 0.15) is 131 Å². The van der Waals surface area contributed by atoms with Crippen LogP contribution in [-0.2, 0) is 17.8 Å². The first-order valence-corrected chi connectivity index (χ1v) is 19.3. The molecule has 1 aromatic carbocycles. The third kappa shape index (κ3) is 5.03. The molecule has 0 aliphatic heterocycles. The first kappa shape index (κ1) is 34.8. The number of aromatic nitrogens is 1. The number of methoxy groups -OCH3 is 1. The SMILES string of the molecule is CCc1c(OC)cccc1-c1cc(CNC(=O)[C@]23CCC(C)(C)C[C@H]2C2=CCC4[C@@]5(C)CC[C@H](O)C(C)(C)C5CC[C@@]4(C)[C@]2(C)CC3)on1. The van der Waals surface area contributed by atoms with Crippen molar-refractivity contribution in [2.75, 3.05) is 7.11 Å². The van der Waals surface area contributed by atoms with Gasteiger partial charge in [-0.1, -0.05) is 84.3 Å². The van der Waals surface area contributed by atoms with E-state index in [4.69, 9.17) is 9.26 Å². The number of rotatable bonds is 6. The van der Waals surface area contributed by atoms with Crippen molar-refractivity contribution in [3.05, 3.63) is 47.2 Å². The lowest BCUT2D eigenvalue weighted by Crippen LogP contribution is -2.65. The van der Waals surface area contributed by atoms with Gasteiger partial charge in [0, 0.05) is 17.2 Å². The summed E-state index contributed by atoms with van der Waals surface area (Å²) in [4.78, 5) is 14.6. The predicted molar refractivity (Wildman–Crippen MR) is 195 cm³/mol. The molecule has 1 heterocycles. The van der Waals surface area contributed by atoms with Crippen LogP contribution in [0, 0.1) is 50.2 Å². The standard InChI is InChI=1S/C43H62N2O4/c1-10-28-29(12-11-13-33(28)48-9)32-24-27(49-45-32)26-44-37(47)43-22-20-38(2,3)25-31(43)30-14-15-35-40(6)18-17-36(46)39(4,5)34(40)16-19-42(35,8)41(30,7)21-23-43/h11-14,24,31,34-36,46H,10,15-23,25-26H2,1-9H3,(H,44,47)/t31-,34?,35?,36-,40-,41+,42+,43-/m0/s1. The van der Waals surface area contributed by atoms with E-state index in [9.17, 15) is 9.90 Å². The van der Waals surface area contributed by atoms with Crippen LogP contribution in [0.3, 0.4) is 0 Å². The summed E-state index contributed by atoms with van der Waals surface area (Å²) in [5, 5.41) is 18.9. The van der Waals surface area contributed by atoms with E-state index >= 15 is 0 Å². The molecule has 2 unspecified atom stereocenters. The van der Waals surface area contributed by atoms with Crippen LogP contribution < -0.4 is 10.1 Å². The molecule has 5 aliphatic rings. The molecule has 7 rings (SSSR count). The molecular weight excluding hydrogens is 608 g/mol. The molecule has 1 aromatic heterocycles. The molecule has 0 saturated heterocycles. The molecule has 4 saturated carbocycles. The van der Waals surface area contributed by atoms with Crippen molar-refractivity contribution in [3.8, 4) is 17.0 Å². The molecule has 2 N–H and O–H groups in total. The van der Waals surface area contributed by atoms with Crippen LogP contribution in [0.15, 0.2) is 40.4 Å². The Morgan fingerprint density at radius 2 is 1.76 bits per heavy atom. The minimum absolute atomic E-state index is 0.0526. The fraction of sp³-hybridized carbons (Fsp3) is 0.721. The van der Waals surface area contributed by atoms with Crippen LogP contribution >= 0.6 is 0 Å². The summed E-state index contributed by atoms with van der Waals surface area (Å²) in [6.07, 6.45) is 13.8. The summed E-state index contributed by atoms with van der Waals surface area (Å²) in [5.41, 5.74) is 4.70. The Balaban J connectivity index is 1.17. The minimum Gasteiger partial charge on any atom is -0.496 e. The van der Waals surface area contributed by atoms with Crippen molar-refractivity contribution >= 4 is 5.91 Å². The van der Waals surface area contributed by atoms with Gasteiger partial charge in [-0.05, 0) is 122 Å². The average Bonchev–Trinajstić information content (AvgIpc) is 3.54. The first-order valence-electron chi connectivity index (χ1n) is 19.3. The number of carbonyl (C=O) groups is 1. The highest BCUT2D eigenvalue weighted by molar-refractivity contribution is 5.84. The first-order chi connectivity index (χ1) is 23.1. The van der Waals surface area contributed by atoms with Gasteiger partial charge in [-0.3, -0.25) is 4.79 Å². The van der Waals surface area contributed by atoms with Crippen molar-refractivity contribution in [1.82, 2.24) is 10.5 Å². The highest BCUT2D eigenvalue weighted by Gasteiger charge is 2.69. The van der Waals surface area contributed by atoms with Crippen molar-refractivity contribution in [3.63, 3.8) is 0 Å². The maximum Gasteiger partial charge on any atom is 0.227 e. The van der Waals surface area contributed by atoms with Gasteiger partial charge in [0.2, 0.25) is 5.91 Å². The Morgan fingerprint density at radius 3 is 2.49 bits per heavy atom. The fourth-order valence-corrected chi connectivity index (χ4v) is 12.9. The topological polar surface area (TPSA) is 84.6 Å². The van der Waals surface area contributed by atoms with Gasteiger partial charge in [0.25, 0.3) is 0 Å². The number of nitrogens with one attached hydrogen (secondary N) is 1. The summed E-state index contributed by atoms with van der Waals surface area (Å²) < 4.78 is 11.4. The largest absolute Gasteiger partial charge is 0.496 e. The van der Waals surface area contributed by atoms with Crippen LogP contribution in [-0.4, -0.2) is 29.4 Å². The number of amides is 1. The van der Waals surface area contributed by atoms with Gasteiger partial charge in [-0.25, -0.2) is 0 Å². The number of allylic oxidation sites excluding steroid dienone is 2. The van der Waals surface area contributed by atoms with Gasteiger partial charge in [0.15, 0.2) is 5.76 Å². The van der Waals surface area contributed by atoms with E-state index in [1.807, 2.05) is 18.2 Å². The summed E-state index contributed by atoms with van der Waals surface area (Å²) >= 11 is 0. The minimum atomic E-state index is -0.396. The van der Waals surface area contributed by atoms with Crippen LogP contribution in [0.5, 0.6) is 5.75 Å². The molecule has 0 spiro atoms. The highest BCUT2D eigenvalue weighted by atomic mass is 16.5. The summed E-state index contributed by atoms with van der Waals surface area (Å²) in [5.74, 6) is 3.10. The third-order valence-electron chi connectivity index (χ3n) is 16.0. The van der Waals surface area contributed by atoms with E-state index in [-0.39, 0.29) is 45.0 Å². The zero-order valence-corrected chi connectivity index (χ0v) is 31.8. The van der Waals surface area contributed by atoms with Crippen LogP contribution in [0.25, 0.3) is 11.3 Å². The number of carbonyl (C=O) groups excluding carboxylic acids is 1. The van der Waals surface area contributed by atoms with E-state index in [0.717, 1.165) is 80.4 Å². The number of fused-ring (bicyclic) bond motifs is 7. The van der Waals surface area contributed by atoms with Crippen molar-refractivity contribution in [2.24, 2.45) is 50.2 Å². The number of hydrogen-bond donors (Lipinski definition) is 2. The monoisotopic (exact) mass is 670 g/mol. The van der Waals surface area contributed by atoms with Crippen molar-refractivity contribution < 1.29 is 19.2 Å². The van der Waals surface area contributed by atoms with Gasteiger partial charge in [-0.2, -0.15) is 0 Å². The molecule has 5 aliphatic carbocycles. The van der Waals surface area contributed by atoms with Crippen molar-refractivity contribution in [1.29, 1.82) is 0 Å². The molecule has 2 aromatic rings. The third-order valence-corrected chi connectivity index (χ3v) is 16.0. The maximum atomic E-state index is 14.6. The normalized spacial score (nSPS) is 39.0. The second-order valence-electron chi connectivity index (χ2n) is 18.9. The van der Waals surface area contributed by atoms with Gasteiger partial charge in [-0.15, -0.1) is 0 Å². The fourth-order valence-electron chi connectivity index (χ4n) is 12.9. The molecule has 4 fully saturated rings. The Kier molecular flexibility index (Phi) is 8.33. The summed E-state index contributed by atoms with van der Waals surface area (Å²) in [6, 6.07) is 8.00. The number of aliphatic hydroxyl groups is 1. The summed E-state index contributed by atoms with van der Waals surface area (Å²) in [6.45, 7) is 19.7. The molecule has 49 heavy (non-hydrogen) atoms. The molecule has 6 nitrogen and oxygen atoms in total. The lowest BCUT2D eigenvalue weighted by molar-refractivity contribution is -0.203. The second-order valence-corrected chi connectivity index (χ2v) is 18.9. The average molecular weight is 671 g/mol. The van der Waals surface area contributed by atoms with E-state index in [0.29, 0.717) is 24.1 Å². The number of aliphatic hydroxyl groups excluding tert-OH is 1. The maximum absolute atomic E-state index is 14.6. The smallest absolute Gasteiger partial charge is 0.227 e. The molecule has 268 valence electrons. The quantitative estimate of drug-likeness (QED) is 0.299. The predicted octanol–water partition coefficient (Wildman–Crippen LogP) is 9.69. The number of nitrogens with zero attached hydrogens (tertiary/aromatic N) is 1. The molecule has 8 atom stereocenters. The van der Waals surface area contributed by atoms with E-state index in [1.54, 1.807) is 12.7 Å². The number of ether oxygens (including phenoxy) is 1. The molecule has 6 heteroatoms. The number of hydrogen-bond acceptors (Lipinski definition) is 5. The molecular formula is C43H62N2O4. The lowest BCUT2D eigenvalue weighted by Gasteiger charge is -2.71. The van der Waals surface area contributed by atoms with Gasteiger partial charge >= 0.3 is 0 Å². The van der Waals surface area contributed by atoms with Gasteiger partial charge in [0.1, 0.15) is 11.4 Å². The Morgan fingerprint density at radius 1 is 1.00 bits per heavy atom. The molecule has 1 amide bonds. The van der Waals surface area contributed by atoms with Gasteiger partial charge < -0.3 is 19.7 Å². The Bertz CT molecular complexity index is 1640. The Hall–Kier alpha value is -2.60. The zero-order valence-electron chi connectivity index (χ0n) is 31.8. The van der Waals surface area contributed by atoms with Crippen LogP contribution in [0.4, 0.5) is 0 Å². The zero-order chi connectivity index (χ0) is 35.2. The van der Waals surface area contributed by atoms with E-state index in [1.165, 1.54) is 12.8 Å². The highest BCUT2D eigenvalue weighted by Crippen LogP contribution is 2.75. The van der Waals surface area contributed by atoms with E-state index in [2.05, 4.69) is 78.0 Å². The lowest BCUT2D eigenvalue weighted by atomic mass is 9.33. The van der Waals surface area contributed by atoms with E-state index < -0.39 is 5.41 Å². The number of benzene rings is 1. The van der Waals surface area contributed by atoms with Crippen molar-refractivity contribution in [2.45, 2.75) is 139 Å². The van der Waals surface area contributed by atoms with Crippen LogP contribution in [0.2, 0.25) is 0 Å². The molecule has 0 bridgehead atoms.